The van der Waals surface area contributed by atoms with E-state index in [4.69, 9.17) is 40.7 Å². The number of thiocarbonyl (C=S) groups is 1. The van der Waals surface area contributed by atoms with Crippen LogP contribution in [0.3, 0.4) is 0 Å². The van der Waals surface area contributed by atoms with E-state index in [1.807, 2.05) is 58.0 Å². The molecule has 7 nitrogen and oxygen atoms in total. The first-order chi connectivity index (χ1) is 21.1. The van der Waals surface area contributed by atoms with Crippen LogP contribution in [0.4, 0.5) is 5.69 Å². The second-order valence-corrected chi connectivity index (χ2v) is 13.0. The number of imidazole rings is 1. The molecule has 0 fully saturated rings. The molecule has 1 aromatic heterocycles. The molecular weight excluding hydrogens is 679 g/mol. The van der Waals surface area contributed by atoms with Gasteiger partial charge in [-0.25, -0.2) is 4.98 Å². The number of carbonyl (C=O) groups is 1. The SMILES string of the molecule is CC(C)C[C@@H](CN(Cc1cccc(Cl)c1Cl)C(=S)Nc1cccc(Br)c1)NC(=O)Cc1cncn1Cc1ccc(C#N)cc1. The quantitative estimate of drug-likeness (QED) is 0.146. The Morgan fingerprint density at radius 1 is 1.14 bits per heavy atom. The highest BCUT2D eigenvalue weighted by Gasteiger charge is 2.22. The van der Waals surface area contributed by atoms with Gasteiger partial charge in [-0.2, -0.15) is 5.26 Å². The molecule has 1 amide bonds. The van der Waals surface area contributed by atoms with Crippen LogP contribution < -0.4 is 10.6 Å². The molecule has 0 aliphatic rings. The second-order valence-electron chi connectivity index (χ2n) is 10.9. The Balaban J connectivity index is 1.50. The van der Waals surface area contributed by atoms with Crippen LogP contribution in [-0.2, 0) is 24.3 Å². The summed E-state index contributed by atoms with van der Waals surface area (Å²) in [6.45, 7) is 5.66. The van der Waals surface area contributed by atoms with E-state index in [1.54, 1.807) is 30.7 Å². The van der Waals surface area contributed by atoms with Crippen molar-refractivity contribution in [1.29, 1.82) is 5.26 Å². The van der Waals surface area contributed by atoms with Crippen molar-refractivity contribution in [1.82, 2.24) is 19.8 Å². The van der Waals surface area contributed by atoms with Crippen molar-refractivity contribution in [2.75, 3.05) is 11.9 Å². The van der Waals surface area contributed by atoms with Gasteiger partial charge in [-0.1, -0.05) is 83.3 Å². The Morgan fingerprint density at radius 2 is 1.89 bits per heavy atom. The third-order valence-electron chi connectivity index (χ3n) is 6.89. The maximum atomic E-state index is 13.4. The van der Waals surface area contributed by atoms with Gasteiger partial charge < -0.3 is 20.1 Å². The molecule has 2 N–H and O–H groups in total. The first-order valence-electron chi connectivity index (χ1n) is 14.1. The summed E-state index contributed by atoms with van der Waals surface area (Å²) in [6.07, 6.45) is 4.35. The van der Waals surface area contributed by atoms with E-state index >= 15 is 0 Å². The van der Waals surface area contributed by atoms with E-state index < -0.39 is 0 Å². The molecule has 0 aliphatic carbocycles. The van der Waals surface area contributed by atoms with Gasteiger partial charge in [0.1, 0.15) is 0 Å². The second kappa shape index (κ2) is 16.1. The fourth-order valence-electron chi connectivity index (χ4n) is 4.84. The molecule has 4 aromatic rings. The third-order valence-corrected chi connectivity index (χ3v) is 8.61. The highest BCUT2D eigenvalue weighted by atomic mass is 79.9. The lowest BCUT2D eigenvalue weighted by molar-refractivity contribution is -0.121. The minimum absolute atomic E-state index is 0.108. The average Bonchev–Trinajstić information content (AvgIpc) is 3.40. The number of hydrogen-bond acceptors (Lipinski definition) is 4. The van der Waals surface area contributed by atoms with Gasteiger partial charge in [0.25, 0.3) is 0 Å². The van der Waals surface area contributed by atoms with Crippen molar-refractivity contribution in [2.45, 2.75) is 45.8 Å². The molecule has 0 saturated carbocycles. The number of benzene rings is 3. The zero-order valence-corrected chi connectivity index (χ0v) is 28.3. The van der Waals surface area contributed by atoms with E-state index in [0.717, 1.165) is 33.4 Å². The molecule has 0 saturated heterocycles. The predicted molar refractivity (Wildman–Crippen MR) is 185 cm³/mol. The first kappa shape index (κ1) is 33.5. The molecule has 0 spiro atoms. The number of carbonyl (C=O) groups excluding carboxylic acids is 1. The number of amides is 1. The van der Waals surface area contributed by atoms with E-state index in [2.05, 4.69) is 51.5 Å². The summed E-state index contributed by atoms with van der Waals surface area (Å²) >= 11 is 22.3. The smallest absolute Gasteiger partial charge is 0.226 e. The average molecular weight is 713 g/mol. The topological polar surface area (TPSA) is 86.0 Å². The maximum absolute atomic E-state index is 13.4. The van der Waals surface area contributed by atoms with E-state index in [-0.39, 0.29) is 18.4 Å². The van der Waals surface area contributed by atoms with Gasteiger partial charge in [-0.3, -0.25) is 4.79 Å². The van der Waals surface area contributed by atoms with Crippen molar-refractivity contribution in [3.8, 4) is 6.07 Å². The van der Waals surface area contributed by atoms with Crippen LogP contribution in [0.25, 0.3) is 0 Å². The molecule has 0 bridgehead atoms. The van der Waals surface area contributed by atoms with E-state index in [9.17, 15) is 4.79 Å². The zero-order valence-electron chi connectivity index (χ0n) is 24.4. The van der Waals surface area contributed by atoms with Gasteiger partial charge in [-0.05, 0) is 72.1 Å². The van der Waals surface area contributed by atoms with Crippen LogP contribution in [0.2, 0.25) is 10.0 Å². The van der Waals surface area contributed by atoms with Gasteiger partial charge in [0, 0.05) is 47.7 Å². The van der Waals surface area contributed by atoms with Crippen LogP contribution in [0, 0.1) is 17.2 Å². The summed E-state index contributed by atoms with van der Waals surface area (Å²) in [7, 11) is 0. The molecule has 11 heteroatoms. The Labute approximate surface area is 282 Å². The summed E-state index contributed by atoms with van der Waals surface area (Å²) in [5.41, 5.74) is 4.09. The lowest BCUT2D eigenvalue weighted by Crippen LogP contribution is -2.47. The van der Waals surface area contributed by atoms with Gasteiger partial charge in [0.05, 0.1) is 34.4 Å². The number of halogens is 3. The lowest BCUT2D eigenvalue weighted by Gasteiger charge is -2.32. The normalized spacial score (nSPS) is 11.6. The summed E-state index contributed by atoms with van der Waals surface area (Å²) in [5, 5.41) is 17.1. The Bertz CT molecular complexity index is 1640. The molecule has 0 aliphatic heterocycles. The van der Waals surface area contributed by atoms with Crippen molar-refractivity contribution in [3.05, 3.63) is 116 Å². The van der Waals surface area contributed by atoms with Gasteiger partial charge in [0.15, 0.2) is 5.11 Å². The first-order valence-corrected chi connectivity index (χ1v) is 16.1. The number of anilines is 1. The highest BCUT2D eigenvalue weighted by Crippen LogP contribution is 2.27. The fourth-order valence-corrected chi connectivity index (χ4v) is 5.88. The summed E-state index contributed by atoms with van der Waals surface area (Å²) < 4.78 is 2.88. The Morgan fingerprint density at radius 3 is 2.59 bits per heavy atom. The van der Waals surface area contributed by atoms with E-state index in [0.29, 0.717) is 46.3 Å². The number of nitriles is 1. The minimum Gasteiger partial charge on any atom is -0.351 e. The molecule has 44 heavy (non-hydrogen) atoms. The number of nitrogens with one attached hydrogen (secondary N) is 2. The molecule has 1 atom stereocenters. The fraction of sp³-hybridized carbons (Fsp3) is 0.273. The van der Waals surface area contributed by atoms with Crippen molar-refractivity contribution in [2.24, 2.45) is 5.92 Å². The molecule has 4 rings (SSSR count). The van der Waals surface area contributed by atoms with Crippen molar-refractivity contribution in [3.63, 3.8) is 0 Å². The molecule has 0 radical (unpaired) electrons. The molecule has 0 unspecified atom stereocenters. The summed E-state index contributed by atoms with van der Waals surface area (Å²) in [6, 6.07) is 22.6. The number of hydrogen-bond donors (Lipinski definition) is 2. The standard InChI is InChI=1S/C33H33BrCl2N6OS/c1-22(2)13-28(39-31(43)15-29-17-38-21-42(29)18-24-11-9-23(16-37)10-12-24)20-41(19-25-5-3-8-30(35)32(25)36)33(44)40-27-7-4-6-26(34)14-27/h3-12,14,17,21-22,28H,13,15,18-20H2,1-2H3,(H,39,43)(H,40,44)/t28-/m0/s1. The Kier molecular flexibility index (Phi) is 12.2. The molecule has 1 heterocycles. The minimum atomic E-state index is -0.197. The van der Waals surface area contributed by atoms with Crippen LogP contribution >= 0.6 is 51.3 Å². The van der Waals surface area contributed by atoms with Gasteiger partial charge in [-0.15, -0.1) is 0 Å². The monoisotopic (exact) mass is 710 g/mol. The van der Waals surface area contributed by atoms with Crippen LogP contribution in [-0.4, -0.2) is 38.1 Å². The summed E-state index contributed by atoms with van der Waals surface area (Å²) in [4.78, 5) is 19.7. The van der Waals surface area contributed by atoms with Crippen LogP contribution in [0.5, 0.6) is 0 Å². The number of nitrogens with zero attached hydrogens (tertiary/aromatic N) is 4. The molecule has 3 aromatic carbocycles. The molecule has 228 valence electrons. The van der Waals surface area contributed by atoms with Crippen molar-refractivity contribution < 1.29 is 4.79 Å². The lowest BCUT2D eigenvalue weighted by atomic mass is 10.0. The largest absolute Gasteiger partial charge is 0.351 e. The number of aromatic nitrogens is 2. The van der Waals surface area contributed by atoms with E-state index in [1.165, 1.54) is 0 Å². The molecular formula is C33H33BrCl2N6OS. The van der Waals surface area contributed by atoms with Crippen molar-refractivity contribution >= 4 is 68.1 Å². The summed E-state index contributed by atoms with van der Waals surface area (Å²) in [5.74, 6) is 0.217. The maximum Gasteiger partial charge on any atom is 0.226 e. The Hall–Kier alpha value is -3.42. The van der Waals surface area contributed by atoms with Crippen LogP contribution in [0.1, 0.15) is 42.7 Å². The third kappa shape index (κ3) is 9.80. The van der Waals surface area contributed by atoms with Crippen LogP contribution in [0.15, 0.2) is 83.7 Å². The zero-order chi connectivity index (χ0) is 31.6. The predicted octanol–water partition coefficient (Wildman–Crippen LogP) is 7.84. The highest BCUT2D eigenvalue weighted by molar-refractivity contribution is 9.10. The van der Waals surface area contributed by atoms with Gasteiger partial charge >= 0.3 is 0 Å². The van der Waals surface area contributed by atoms with Gasteiger partial charge in [0.2, 0.25) is 5.91 Å². The number of rotatable bonds is 12.